The molecule has 1 aliphatic rings. The van der Waals surface area contributed by atoms with Crippen molar-refractivity contribution in [2.45, 2.75) is 65.8 Å². The van der Waals surface area contributed by atoms with E-state index < -0.39 is 0 Å². The number of amides is 1. The number of anilines is 1. The van der Waals surface area contributed by atoms with Crippen LogP contribution >= 0.6 is 0 Å². The van der Waals surface area contributed by atoms with Crippen molar-refractivity contribution in [2.75, 3.05) is 11.5 Å². The average molecular weight is 553 g/mol. The molecule has 1 aliphatic heterocycles. The molecule has 2 aromatic heterocycles. The van der Waals surface area contributed by atoms with Gasteiger partial charge in [0.25, 0.3) is 5.56 Å². The van der Waals surface area contributed by atoms with Crippen LogP contribution < -0.4 is 15.2 Å². The van der Waals surface area contributed by atoms with E-state index in [4.69, 9.17) is 16.3 Å². The number of aryl methyl sites for hydroxylation is 3. The van der Waals surface area contributed by atoms with Crippen LogP contribution in [0.1, 0.15) is 56.9 Å². The minimum absolute atomic E-state index is 0.0389. The van der Waals surface area contributed by atoms with E-state index in [1.54, 1.807) is 17.8 Å². The number of hydrogen-bond donors (Lipinski definition) is 1. The average Bonchev–Trinajstić information content (AvgIpc) is 3.44. The third-order valence-electron chi connectivity index (χ3n) is 7.92. The number of carbonyl (C=O) groups excluding carboxylic acids is 1. The Labute approximate surface area is 240 Å². The molecule has 9 heteroatoms. The van der Waals surface area contributed by atoms with Gasteiger partial charge in [0.1, 0.15) is 17.1 Å². The van der Waals surface area contributed by atoms with Gasteiger partial charge in [0.05, 0.1) is 24.4 Å². The van der Waals surface area contributed by atoms with Gasteiger partial charge in [-0.2, -0.15) is 5.10 Å². The maximum absolute atomic E-state index is 13.3. The molecule has 0 spiro atoms. The lowest BCUT2D eigenvalue weighted by atomic mass is 9.90. The summed E-state index contributed by atoms with van der Waals surface area (Å²) in [6.45, 7) is 15.8. The number of H-pyrrole nitrogens is 1. The number of carbonyl (C=O) groups is 1. The summed E-state index contributed by atoms with van der Waals surface area (Å²) in [5.74, 6) is 1.30. The largest absolute Gasteiger partial charge is 0.493 e. The molecule has 0 bridgehead atoms. The first-order valence-corrected chi connectivity index (χ1v) is 14.3. The molecule has 2 atom stereocenters. The summed E-state index contributed by atoms with van der Waals surface area (Å²) in [7, 11) is 1.76. The Morgan fingerprint density at radius 2 is 1.95 bits per heavy atom. The van der Waals surface area contributed by atoms with E-state index in [9.17, 15) is 9.59 Å². The number of hydrogen-bond acceptors (Lipinski definition) is 5. The molecule has 5 rings (SSSR count). The van der Waals surface area contributed by atoms with Gasteiger partial charge in [-0.25, -0.2) is 9.83 Å². The number of nitrogens with zero attached hydrogens (tertiary/aromatic N) is 5. The predicted octanol–water partition coefficient (Wildman–Crippen LogP) is 5.91. The number of ether oxygens (including phenoxy) is 1. The molecule has 1 amide bonds. The Balaban J connectivity index is 1.51. The molecular weight excluding hydrogens is 516 g/mol. The normalized spacial score (nSPS) is 16.9. The highest BCUT2D eigenvalue weighted by atomic mass is 16.5. The zero-order chi connectivity index (χ0) is 29.3. The van der Waals surface area contributed by atoms with E-state index in [1.165, 1.54) is 0 Å². The van der Waals surface area contributed by atoms with Gasteiger partial charge in [-0.05, 0) is 74.4 Å². The Morgan fingerprint density at radius 1 is 1.15 bits per heavy atom. The second kappa shape index (κ2) is 11.6. The summed E-state index contributed by atoms with van der Waals surface area (Å²) in [5.41, 5.74) is 5.72. The summed E-state index contributed by atoms with van der Waals surface area (Å²) in [5, 5.41) is 4.54. The van der Waals surface area contributed by atoms with Crippen LogP contribution in [0.15, 0.2) is 41.2 Å². The van der Waals surface area contributed by atoms with Crippen LogP contribution in [0, 0.1) is 19.4 Å². The monoisotopic (exact) mass is 552 g/mol. The van der Waals surface area contributed by atoms with Crippen molar-refractivity contribution >= 4 is 28.3 Å². The van der Waals surface area contributed by atoms with Crippen LogP contribution in [-0.4, -0.2) is 38.3 Å². The molecule has 4 aromatic rings. The minimum Gasteiger partial charge on any atom is -0.493 e. The van der Waals surface area contributed by atoms with E-state index in [0.717, 1.165) is 41.8 Å². The van der Waals surface area contributed by atoms with Crippen LogP contribution in [0.4, 0.5) is 11.4 Å². The van der Waals surface area contributed by atoms with E-state index >= 15 is 0 Å². The molecule has 1 fully saturated rings. The highest BCUT2D eigenvalue weighted by Crippen LogP contribution is 2.38. The minimum atomic E-state index is -0.238. The highest BCUT2D eigenvalue weighted by Gasteiger charge is 2.39. The molecule has 0 aliphatic carbocycles. The fourth-order valence-electron chi connectivity index (χ4n) is 6.08. The molecule has 1 N–H and O–H groups in total. The third-order valence-corrected chi connectivity index (χ3v) is 7.92. The van der Waals surface area contributed by atoms with Gasteiger partial charge >= 0.3 is 0 Å². The van der Waals surface area contributed by atoms with Crippen LogP contribution in [0.5, 0.6) is 5.75 Å². The van der Waals surface area contributed by atoms with Gasteiger partial charge in [0, 0.05) is 25.2 Å². The standard InChI is InChI=1S/C32H36N6O3/c1-7-10-25-29-30(37(6)36-25)32(40)35-31(34-29)23-17-20(11-14-27(23)41-9-3)16-21-18-28(39)38(26(21)8-2)22-12-13-24(33-5)19(4)15-22/h11-15,17,21,26H,7-10,16,18H2,1-4,6H3,(H,34,35,40)/t21-,26-/m1/s1. The molecular formula is C32H36N6O3. The Morgan fingerprint density at radius 3 is 2.63 bits per heavy atom. The third kappa shape index (κ3) is 5.22. The number of benzene rings is 2. The van der Waals surface area contributed by atoms with Crippen LogP contribution in [0.25, 0.3) is 27.3 Å². The molecule has 2 aromatic carbocycles. The van der Waals surface area contributed by atoms with Crippen molar-refractivity contribution in [3.05, 3.63) is 75.0 Å². The van der Waals surface area contributed by atoms with Crippen molar-refractivity contribution in [1.82, 2.24) is 19.7 Å². The number of rotatable bonds is 9. The fraction of sp³-hybridized carbons (Fsp3) is 0.406. The Kier molecular flexibility index (Phi) is 7.93. The molecule has 3 heterocycles. The first-order chi connectivity index (χ1) is 19.8. The molecule has 0 radical (unpaired) electrons. The Hall–Kier alpha value is -4.45. The first-order valence-electron chi connectivity index (χ1n) is 14.3. The zero-order valence-electron chi connectivity index (χ0n) is 24.3. The van der Waals surface area contributed by atoms with Gasteiger partial charge in [0.2, 0.25) is 5.91 Å². The van der Waals surface area contributed by atoms with Gasteiger partial charge in [-0.15, -0.1) is 0 Å². The van der Waals surface area contributed by atoms with E-state index in [2.05, 4.69) is 28.8 Å². The van der Waals surface area contributed by atoms with Gasteiger partial charge in [-0.1, -0.05) is 32.4 Å². The highest BCUT2D eigenvalue weighted by molar-refractivity contribution is 5.97. The van der Waals surface area contributed by atoms with Crippen molar-refractivity contribution in [2.24, 2.45) is 13.0 Å². The van der Waals surface area contributed by atoms with Crippen LogP contribution in [0.3, 0.4) is 0 Å². The number of fused-ring (bicyclic) bond motifs is 1. The molecule has 212 valence electrons. The molecule has 41 heavy (non-hydrogen) atoms. The van der Waals surface area contributed by atoms with E-state index in [-0.39, 0.29) is 23.4 Å². The lowest BCUT2D eigenvalue weighted by Gasteiger charge is -2.28. The number of aromatic nitrogens is 4. The smallest absolute Gasteiger partial charge is 0.277 e. The van der Waals surface area contributed by atoms with Crippen LogP contribution in [-0.2, 0) is 24.7 Å². The van der Waals surface area contributed by atoms with Gasteiger partial charge < -0.3 is 14.6 Å². The Bertz CT molecular complexity index is 1710. The van der Waals surface area contributed by atoms with E-state index in [1.807, 2.05) is 49.1 Å². The lowest BCUT2D eigenvalue weighted by molar-refractivity contribution is -0.117. The molecule has 0 saturated carbocycles. The van der Waals surface area contributed by atoms with Crippen molar-refractivity contribution in [1.29, 1.82) is 0 Å². The maximum Gasteiger partial charge on any atom is 0.277 e. The van der Waals surface area contributed by atoms with Crippen molar-refractivity contribution < 1.29 is 9.53 Å². The maximum atomic E-state index is 13.3. The topological polar surface area (TPSA) is 97.5 Å². The fourth-order valence-corrected chi connectivity index (χ4v) is 6.08. The number of nitrogens with one attached hydrogen (secondary N) is 1. The summed E-state index contributed by atoms with van der Waals surface area (Å²) < 4.78 is 7.55. The lowest BCUT2D eigenvalue weighted by Crippen LogP contribution is -2.35. The molecule has 0 unspecified atom stereocenters. The summed E-state index contributed by atoms with van der Waals surface area (Å²) in [4.78, 5) is 39.7. The van der Waals surface area contributed by atoms with Crippen molar-refractivity contribution in [3.63, 3.8) is 0 Å². The van der Waals surface area contributed by atoms with Gasteiger partial charge in [-0.3, -0.25) is 14.3 Å². The quantitative estimate of drug-likeness (QED) is 0.261. The van der Waals surface area contributed by atoms with Crippen LogP contribution in [0.2, 0.25) is 0 Å². The SMILES string of the molecule is [C-]#[N+]c1ccc(N2C(=O)C[C@@H](Cc3ccc(OCC)c(-c4nc5c(CCC)nn(C)c5c(=O)[nH]4)c3)[C@H]2CC)cc1C. The summed E-state index contributed by atoms with van der Waals surface area (Å²) in [6.07, 6.45) is 3.59. The second-order valence-corrected chi connectivity index (χ2v) is 10.7. The summed E-state index contributed by atoms with van der Waals surface area (Å²) in [6, 6.07) is 11.6. The predicted molar refractivity (Wildman–Crippen MR) is 161 cm³/mol. The molecule has 9 nitrogen and oxygen atoms in total. The first kappa shape index (κ1) is 28.1. The van der Waals surface area contributed by atoms with Crippen molar-refractivity contribution in [3.8, 4) is 17.1 Å². The second-order valence-electron chi connectivity index (χ2n) is 10.7. The van der Waals surface area contributed by atoms with E-state index in [0.29, 0.717) is 53.3 Å². The van der Waals surface area contributed by atoms with Gasteiger partial charge in [0.15, 0.2) is 11.2 Å². The molecule has 1 saturated heterocycles. The summed E-state index contributed by atoms with van der Waals surface area (Å²) >= 11 is 0. The number of aromatic amines is 1. The zero-order valence-corrected chi connectivity index (χ0v) is 24.3.